The smallest absolute Gasteiger partial charge is 0.265 e. The number of halogens is 1. The first kappa shape index (κ1) is 21.5. The number of carbonyl (C=O) groups is 2. The zero-order chi connectivity index (χ0) is 18.7. The van der Waals surface area contributed by atoms with Gasteiger partial charge in [0.15, 0.2) is 6.10 Å². The summed E-state index contributed by atoms with van der Waals surface area (Å²) in [4.78, 5) is 24.7. The first-order valence-corrected chi connectivity index (χ1v) is 9.17. The molecular formula is C19H28ClN3O4. The number of nitrogens with one attached hydrogen (secondary N) is 3. The summed E-state index contributed by atoms with van der Waals surface area (Å²) in [6, 6.07) is 5.38. The van der Waals surface area contributed by atoms with Gasteiger partial charge < -0.3 is 25.4 Å². The summed E-state index contributed by atoms with van der Waals surface area (Å²) >= 11 is 0. The fraction of sp³-hybridized carbons (Fsp3) is 0.579. The highest BCUT2D eigenvalue weighted by Crippen LogP contribution is 2.33. The Kier molecular flexibility index (Phi) is 7.08. The van der Waals surface area contributed by atoms with Crippen molar-refractivity contribution in [2.45, 2.75) is 50.9 Å². The van der Waals surface area contributed by atoms with Crippen LogP contribution in [0.15, 0.2) is 18.2 Å². The summed E-state index contributed by atoms with van der Waals surface area (Å²) in [5.74, 6) is 0.424. The van der Waals surface area contributed by atoms with Crippen LogP contribution in [0.4, 0.5) is 5.69 Å². The number of ether oxygens (including phenoxy) is 2. The fourth-order valence-corrected chi connectivity index (χ4v) is 3.46. The zero-order valence-electron chi connectivity index (χ0n) is 16.0. The minimum Gasteiger partial charge on any atom is -0.478 e. The largest absolute Gasteiger partial charge is 0.478 e. The Morgan fingerprint density at radius 2 is 2.11 bits per heavy atom. The van der Waals surface area contributed by atoms with E-state index >= 15 is 0 Å². The fourth-order valence-electron chi connectivity index (χ4n) is 3.46. The molecule has 2 amide bonds. The Morgan fingerprint density at radius 1 is 1.41 bits per heavy atom. The van der Waals surface area contributed by atoms with Gasteiger partial charge in [0.2, 0.25) is 0 Å². The third-order valence-corrected chi connectivity index (χ3v) is 5.26. The summed E-state index contributed by atoms with van der Waals surface area (Å²) in [5.41, 5.74) is 0.808. The van der Waals surface area contributed by atoms with Crippen LogP contribution in [-0.4, -0.2) is 43.7 Å². The maximum Gasteiger partial charge on any atom is 0.265 e. The molecule has 0 radical (unpaired) electrons. The Labute approximate surface area is 166 Å². The molecule has 1 aromatic rings. The Bertz CT molecular complexity index is 692. The lowest BCUT2D eigenvalue weighted by Crippen LogP contribution is -2.54. The molecule has 2 aliphatic rings. The van der Waals surface area contributed by atoms with Crippen molar-refractivity contribution in [3.63, 3.8) is 0 Å². The number of benzene rings is 1. The van der Waals surface area contributed by atoms with Gasteiger partial charge in [0.05, 0.1) is 11.7 Å². The second-order valence-corrected chi connectivity index (χ2v) is 6.90. The third kappa shape index (κ3) is 4.36. The molecule has 2 aliphatic heterocycles. The van der Waals surface area contributed by atoms with E-state index in [9.17, 15) is 9.59 Å². The lowest BCUT2D eigenvalue weighted by molar-refractivity contribution is -0.147. The quantitative estimate of drug-likeness (QED) is 0.708. The van der Waals surface area contributed by atoms with E-state index in [4.69, 9.17) is 9.47 Å². The van der Waals surface area contributed by atoms with Gasteiger partial charge in [0, 0.05) is 7.11 Å². The van der Waals surface area contributed by atoms with E-state index in [1.807, 2.05) is 32.0 Å². The lowest BCUT2D eigenvalue weighted by Gasteiger charge is -2.35. The van der Waals surface area contributed by atoms with Crippen molar-refractivity contribution in [3.8, 4) is 5.75 Å². The maximum absolute atomic E-state index is 12.8. The number of hydrogen-bond donors (Lipinski definition) is 3. The van der Waals surface area contributed by atoms with Gasteiger partial charge in [-0.25, -0.2) is 0 Å². The summed E-state index contributed by atoms with van der Waals surface area (Å²) in [5, 5.41) is 9.17. The van der Waals surface area contributed by atoms with Gasteiger partial charge in [-0.05, 0) is 57.0 Å². The first-order chi connectivity index (χ1) is 12.5. The highest BCUT2D eigenvalue weighted by molar-refractivity contribution is 5.97. The van der Waals surface area contributed by atoms with Crippen LogP contribution >= 0.6 is 12.4 Å². The number of anilines is 1. The van der Waals surface area contributed by atoms with Crippen molar-refractivity contribution in [2.75, 3.05) is 25.5 Å². The number of hydrogen-bond acceptors (Lipinski definition) is 5. The lowest BCUT2D eigenvalue weighted by atomic mass is 9.90. The van der Waals surface area contributed by atoms with Crippen molar-refractivity contribution >= 4 is 29.9 Å². The number of fused-ring (bicyclic) bond motifs is 1. The molecule has 150 valence electrons. The van der Waals surface area contributed by atoms with E-state index in [1.54, 1.807) is 7.11 Å². The maximum atomic E-state index is 12.8. The zero-order valence-corrected chi connectivity index (χ0v) is 16.8. The number of carbonyl (C=O) groups excluding carboxylic acids is 2. The monoisotopic (exact) mass is 397 g/mol. The number of methoxy groups -OCH3 is 1. The van der Waals surface area contributed by atoms with E-state index < -0.39 is 11.7 Å². The molecule has 0 spiro atoms. The van der Waals surface area contributed by atoms with Gasteiger partial charge in [-0.15, -0.1) is 12.4 Å². The summed E-state index contributed by atoms with van der Waals surface area (Å²) < 4.78 is 11.4. The molecule has 2 heterocycles. The van der Waals surface area contributed by atoms with Gasteiger partial charge in [-0.3, -0.25) is 9.59 Å². The molecule has 27 heavy (non-hydrogen) atoms. The molecule has 1 fully saturated rings. The van der Waals surface area contributed by atoms with Crippen LogP contribution in [0.1, 0.15) is 44.7 Å². The minimum absolute atomic E-state index is 0. The van der Waals surface area contributed by atoms with Crippen LogP contribution in [0, 0.1) is 0 Å². The van der Waals surface area contributed by atoms with Crippen LogP contribution in [0.25, 0.3) is 0 Å². The molecule has 3 N–H and O–H groups in total. The molecule has 1 aromatic carbocycles. The van der Waals surface area contributed by atoms with Crippen molar-refractivity contribution < 1.29 is 19.1 Å². The molecule has 7 nitrogen and oxygen atoms in total. The Morgan fingerprint density at radius 3 is 2.74 bits per heavy atom. The molecule has 1 saturated heterocycles. The van der Waals surface area contributed by atoms with Gasteiger partial charge >= 0.3 is 0 Å². The average molecular weight is 398 g/mol. The second kappa shape index (κ2) is 8.91. The second-order valence-electron chi connectivity index (χ2n) is 6.90. The molecule has 0 saturated carbocycles. The normalized spacial score (nSPS) is 21.7. The minimum atomic E-state index is -0.772. The van der Waals surface area contributed by atoms with Crippen molar-refractivity contribution in [1.82, 2.24) is 10.6 Å². The predicted molar refractivity (Wildman–Crippen MR) is 105 cm³/mol. The van der Waals surface area contributed by atoms with Gasteiger partial charge in [-0.2, -0.15) is 0 Å². The van der Waals surface area contributed by atoms with Crippen molar-refractivity contribution in [3.05, 3.63) is 23.8 Å². The average Bonchev–Trinajstić information content (AvgIpc) is 2.67. The van der Waals surface area contributed by atoms with Crippen molar-refractivity contribution in [2.24, 2.45) is 0 Å². The molecule has 0 aliphatic carbocycles. The van der Waals surface area contributed by atoms with Gasteiger partial charge in [0.1, 0.15) is 11.4 Å². The first-order valence-electron chi connectivity index (χ1n) is 9.17. The summed E-state index contributed by atoms with van der Waals surface area (Å²) in [7, 11) is 1.59. The van der Waals surface area contributed by atoms with E-state index in [2.05, 4.69) is 16.0 Å². The topological polar surface area (TPSA) is 88.7 Å². The van der Waals surface area contributed by atoms with Gasteiger partial charge in [-0.1, -0.05) is 13.0 Å². The molecule has 8 heteroatoms. The molecule has 0 bridgehead atoms. The van der Waals surface area contributed by atoms with E-state index in [1.165, 1.54) is 0 Å². The van der Waals surface area contributed by atoms with Crippen LogP contribution in [0.5, 0.6) is 5.75 Å². The predicted octanol–water partition coefficient (Wildman–Crippen LogP) is 2.16. The highest BCUT2D eigenvalue weighted by Gasteiger charge is 2.40. The Hall–Kier alpha value is -1.83. The van der Waals surface area contributed by atoms with Gasteiger partial charge in [0.25, 0.3) is 11.8 Å². The van der Waals surface area contributed by atoms with Crippen LogP contribution in [0.3, 0.4) is 0 Å². The van der Waals surface area contributed by atoms with E-state index in [-0.39, 0.29) is 30.3 Å². The molecule has 2 unspecified atom stereocenters. The summed E-state index contributed by atoms with van der Waals surface area (Å²) in [6.45, 7) is 5.37. The molecule has 2 atom stereocenters. The standard InChI is InChI=1S/C19H27N3O4.ClH/c1-4-15-17(23)22-14-6-5-13(11-16(14)26-15)12(2)21-18(24)19(25-3)7-9-20-10-8-19;/h5-6,11-12,15,20H,4,7-10H2,1-3H3,(H,21,24)(H,22,23);1H. The highest BCUT2D eigenvalue weighted by atomic mass is 35.5. The third-order valence-electron chi connectivity index (χ3n) is 5.26. The number of amides is 2. The van der Waals surface area contributed by atoms with Crippen LogP contribution in [0.2, 0.25) is 0 Å². The van der Waals surface area contributed by atoms with E-state index in [0.29, 0.717) is 30.7 Å². The number of piperidine rings is 1. The van der Waals surface area contributed by atoms with Crippen molar-refractivity contribution in [1.29, 1.82) is 0 Å². The van der Waals surface area contributed by atoms with Crippen LogP contribution in [-0.2, 0) is 14.3 Å². The molecule has 0 aromatic heterocycles. The summed E-state index contributed by atoms with van der Waals surface area (Å²) in [6.07, 6.45) is 1.43. The SMILES string of the molecule is CCC1Oc2cc(C(C)NC(=O)C3(OC)CCNCC3)ccc2NC1=O.Cl. The van der Waals surface area contributed by atoms with E-state index in [0.717, 1.165) is 18.7 Å². The number of rotatable bonds is 5. The molecular weight excluding hydrogens is 370 g/mol. The molecule has 3 rings (SSSR count). The van der Waals surface area contributed by atoms with Crippen LogP contribution < -0.4 is 20.7 Å². The Balaban J connectivity index is 0.00000261.